The SMILES string of the molecule is NC(=O)c1ccc(CN2CCNC(=O)C2c2cccc(F)c2)cc1. The summed E-state index contributed by atoms with van der Waals surface area (Å²) in [5.41, 5.74) is 7.26. The molecule has 1 atom stereocenters. The van der Waals surface area contributed by atoms with Gasteiger partial charge in [0, 0.05) is 25.2 Å². The van der Waals surface area contributed by atoms with Crippen LogP contribution < -0.4 is 11.1 Å². The monoisotopic (exact) mass is 327 g/mol. The second-order valence-corrected chi connectivity index (χ2v) is 5.78. The van der Waals surface area contributed by atoms with E-state index in [1.165, 1.54) is 12.1 Å². The van der Waals surface area contributed by atoms with Crippen molar-refractivity contribution in [1.29, 1.82) is 0 Å². The van der Waals surface area contributed by atoms with E-state index >= 15 is 0 Å². The lowest BCUT2D eigenvalue weighted by molar-refractivity contribution is -0.129. The third kappa shape index (κ3) is 3.44. The maximum Gasteiger partial charge on any atom is 0.248 e. The van der Waals surface area contributed by atoms with E-state index < -0.39 is 11.9 Å². The van der Waals surface area contributed by atoms with Crippen molar-refractivity contribution in [3.63, 3.8) is 0 Å². The molecule has 1 unspecified atom stereocenters. The second-order valence-electron chi connectivity index (χ2n) is 5.78. The number of amides is 2. The van der Waals surface area contributed by atoms with Crippen molar-refractivity contribution in [3.8, 4) is 0 Å². The summed E-state index contributed by atoms with van der Waals surface area (Å²) < 4.78 is 13.5. The number of carbonyl (C=O) groups is 2. The van der Waals surface area contributed by atoms with E-state index in [-0.39, 0.29) is 11.7 Å². The summed E-state index contributed by atoms with van der Waals surface area (Å²) >= 11 is 0. The topological polar surface area (TPSA) is 75.4 Å². The zero-order valence-electron chi connectivity index (χ0n) is 13.0. The number of hydrogen-bond acceptors (Lipinski definition) is 3. The van der Waals surface area contributed by atoms with Crippen LogP contribution in [0.15, 0.2) is 48.5 Å². The molecule has 5 nitrogen and oxygen atoms in total. The fourth-order valence-corrected chi connectivity index (χ4v) is 2.93. The van der Waals surface area contributed by atoms with Gasteiger partial charge in [-0.1, -0.05) is 24.3 Å². The van der Waals surface area contributed by atoms with Crippen LogP contribution in [-0.4, -0.2) is 29.8 Å². The molecule has 0 spiro atoms. The van der Waals surface area contributed by atoms with Gasteiger partial charge in [0.1, 0.15) is 11.9 Å². The molecule has 2 amide bonds. The van der Waals surface area contributed by atoms with Crippen molar-refractivity contribution < 1.29 is 14.0 Å². The molecular weight excluding hydrogens is 309 g/mol. The van der Waals surface area contributed by atoms with Gasteiger partial charge in [-0.15, -0.1) is 0 Å². The molecule has 2 aromatic carbocycles. The van der Waals surface area contributed by atoms with Crippen molar-refractivity contribution in [2.24, 2.45) is 5.73 Å². The molecule has 3 rings (SSSR count). The van der Waals surface area contributed by atoms with E-state index in [1.807, 2.05) is 17.0 Å². The Morgan fingerprint density at radius 3 is 2.67 bits per heavy atom. The van der Waals surface area contributed by atoms with Gasteiger partial charge in [-0.25, -0.2) is 4.39 Å². The minimum absolute atomic E-state index is 0.138. The predicted octanol–water partition coefficient (Wildman–Crippen LogP) is 1.60. The Hall–Kier alpha value is -2.73. The number of halogens is 1. The maximum absolute atomic E-state index is 13.5. The summed E-state index contributed by atoms with van der Waals surface area (Å²) in [6, 6.07) is 12.5. The lowest BCUT2D eigenvalue weighted by Gasteiger charge is -2.35. The molecule has 124 valence electrons. The summed E-state index contributed by atoms with van der Waals surface area (Å²) in [4.78, 5) is 25.4. The number of benzene rings is 2. The van der Waals surface area contributed by atoms with Crippen molar-refractivity contribution in [2.45, 2.75) is 12.6 Å². The molecule has 3 N–H and O–H groups in total. The number of hydrogen-bond donors (Lipinski definition) is 2. The van der Waals surface area contributed by atoms with Gasteiger partial charge in [-0.05, 0) is 35.4 Å². The smallest absolute Gasteiger partial charge is 0.248 e. The molecule has 1 aliphatic rings. The number of primary amides is 1. The Bertz CT molecular complexity index is 761. The van der Waals surface area contributed by atoms with E-state index in [4.69, 9.17) is 5.73 Å². The highest BCUT2D eigenvalue weighted by molar-refractivity contribution is 5.92. The lowest BCUT2D eigenvalue weighted by Crippen LogP contribution is -2.49. The molecular formula is C18H18FN3O2. The van der Waals surface area contributed by atoms with Crippen molar-refractivity contribution in [1.82, 2.24) is 10.2 Å². The fraction of sp³-hybridized carbons (Fsp3) is 0.222. The zero-order valence-corrected chi connectivity index (χ0v) is 13.0. The molecule has 0 aliphatic carbocycles. The van der Waals surface area contributed by atoms with Crippen LogP contribution in [0.2, 0.25) is 0 Å². The number of piperazine rings is 1. The molecule has 24 heavy (non-hydrogen) atoms. The number of nitrogens with zero attached hydrogens (tertiary/aromatic N) is 1. The Morgan fingerprint density at radius 1 is 1.25 bits per heavy atom. The summed E-state index contributed by atoms with van der Waals surface area (Å²) in [6.07, 6.45) is 0. The minimum atomic E-state index is -0.537. The van der Waals surface area contributed by atoms with Gasteiger partial charge < -0.3 is 11.1 Å². The summed E-state index contributed by atoms with van der Waals surface area (Å²) in [5, 5.41) is 2.83. The number of nitrogens with two attached hydrogens (primary N) is 1. The first-order valence-electron chi connectivity index (χ1n) is 7.70. The molecule has 2 aromatic rings. The van der Waals surface area contributed by atoms with E-state index in [0.29, 0.717) is 30.8 Å². The van der Waals surface area contributed by atoms with Crippen molar-refractivity contribution >= 4 is 11.8 Å². The molecule has 1 fully saturated rings. The first kappa shape index (κ1) is 16.1. The molecule has 0 radical (unpaired) electrons. The number of nitrogens with one attached hydrogen (secondary N) is 1. The van der Waals surface area contributed by atoms with Crippen LogP contribution in [0.25, 0.3) is 0 Å². The largest absolute Gasteiger partial charge is 0.366 e. The van der Waals surface area contributed by atoms with Gasteiger partial charge in [-0.3, -0.25) is 14.5 Å². The molecule has 1 saturated heterocycles. The average Bonchev–Trinajstić information content (AvgIpc) is 2.55. The highest BCUT2D eigenvalue weighted by Crippen LogP contribution is 2.25. The van der Waals surface area contributed by atoms with Crippen LogP contribution in [0, 0.1) is 5.82 Å². The van der Waals surface area contributed by atoms with Crippen LogP contribution in [-0.2, 0) is 11.3 Å². The third-order valence-corrected chi connectivity index (χ3v) is 4.10. The normalized spacial score (nSPS) is 18.2. The van der Waals surface area contributed by atoms with Crippen LogP contribution in [0.4, 0.5) is 4.39 Å². The Morgan fingerprint density at radius 2 is 2.00 bits per heavy atom. The van der Waals surface area contributed by atoms with Gasteiger partial charge >= 0.3 is 0 Å². The third-order valence-electron chi connectivity index (χ3n) is 4.10. The summed E-state index contributed by atoms with van der Waals surface area (Å²) in [5.74, 6) is -0.978. The molecule has 1 heterocycles. The lowest BCUT2D eigenvalue weighted by atomic mass is 10.0. The highest BCUT2D eigenvalue weighted by atomic mass is 19.1. The number of rotatable bonds is 4. The van der Waals surface area contributed by atoms with E-state index in [1.54, 1.807) is 24.3 Å². The van der Waals surface area contributed by atoms with Crippen LogP contribution in [0.3, 0.4) is 0 Å². The summed E-state index contributed by atoms with van der Waals surface area (Å²) in [7, 11) is 0. The van der Waals surface area contributed by atoms with Gasteiger partial charge in [0.2, 0.25) is 11.8 Å². The average molecular weight is 327 g/mol. The molecule has 0 bridgehead atoms. The van der Waals surface area contributed by atoms with Gasteiger partial charge in [0.25, 0.3) is 0 Å². The minimum Gasteiger partial charge on any atom is -0.366 e. The van der Waals surface area contributed by atoms with Crippen LogP contribution >= 0.6 is 0 Å². The summed E-state index contributed by atoms with van der Waals surface area (Å²) in [6.45, 7) is 1.72. The molecule has 0 aromatic heterocycles. The standard InChI is InChI=1S/C18H18FN3O2/c19-15-3-1-2-14(10-15)16-18(24)21-8-9-22(16)11-12-4-6-13(7-5-12)17(20)23/h1-7,10,16H,8-9,11H2,(H2,20,23)(H,21,24). The van der Waals surface area contributed by atoms with Crippen LogP contribution in [0.5, 0.6) is 0 Å². The van der Waals surface area contributed by atoms with Gasteiger partial charge in [0.05, 0.1) is 0 Å². The van der Waals surface area contributed by atoms with E-state index in [9.17, 15) is 14.0 Å². The predicted molar refractivity (Wildman–Crippen MR) is 87.5 cm³/mol. The van der Waals surface area contributed by atoms with E-state index in [2.05, 4.69) is 5.32 Å². The first-order chi connectivity index (χ1) is 11.5. The van der Waals surface area contributed by atoms with E-state index in [0.717, 1.165) is 5.56 Å². The van der Waals surface area contributed by atoms with Gasteiger partial charge in [0.15, 0.2) is 0 Å². The second kappa shape index (κ2) is 6.80. The first-order valence-corrected chi connectivity index (χ1v) is 7.70. The Labute approximate surface area is 139 Å². The molecule has 1 aliphatic heterocycles. The number of carbonyl (C=O) groups excluding carboxylic acids is 2. The van der Waals surface area contributed by atoms with Crippen molar-refractivity contribution in [2.75, 3.05) is 13.1 Å². The molecule has 6 heteroatoms. The Balaban J connectivity index is 1.84. The van der Waals surface area contributed by atoms with Crippen molar-refractivity contribution in [3.05, 3.63) is 71.0 Å². The zero-order chi connectivity index (χ0) is 17.1. The Kier molecular flexibility index (Phi) is 4.57. The fourth-order valence-electron chi connectivity index (χ4n) is 2.93. The highest BCUT2D eigenvalue weighted by Gasteiger charge is 2.31. The quantitative estimate of drug-likeness (QED) is 0.895. The van der Waals surface area contributed by atoms with Gasteiger partial charge in [-0.2, -0.15) is 0 Å². The van der Waals surface area contributed by atoms with Crippen LogP contribution in [0.1, 0.15) is 27.5 Å². The maximum atomic E-state index is 13.5. The molecule has 0 saturated carbocycles.